The van der Waals surface area contributed by atoms with Gasteiger partial charge in [0.25, 0.3) is 11.8 Å². The van der Waals surface area contributed by atoms with Gasteiger partial charge in [0.05, 0.1) is 0 Å². The first kappa shape index (κ1) is 20.6. The molecule has 1 aromatic carbocycles. The molecule has 144 valence electrons. The maximum atomic E-state index is 12.7. The van der Waals surface area contributed by atoms with E-state index in [4.69, 9.17) is 0 Å². The van der Waals surface area contributed by atoms with Gasteiger partial charge >= 0.3 is 0 Å². The average molecular weight is 367 g/mol. The molecule has 5 heteroatoms. The van der Waals surface area contributed by atoms with Crippen molar-refractivity contribution in [2.45, 2.75) is 52.9 Å². The van der Waals surface area contributed by atoms with Crippen LogP contribution >= 0.6 is 0 Å². The fourth-order valence-corrected chi connectivity index (χ4v) is 2.89. The van der Waals surface area contributed by atoms with Gasteiger partial charge in [-0.25, -0.2) is 0 Å². The van der Waals surface area contributed by atoms with Crippen molar-refractivity contribution in [1.29, 1.82) is 0 Å². The van der Waals surface area contributed by atoms with E-state index in [0.717, 1.165) is 36.1 Å². The number of hydrogen-bond donors (Lipinski definition) is 2. The fourth-order valence-electron chi connectivity index (χ4n) is 2.89. The van der Waals surface area contributed by atoms with Gasteiger partial charge in [0.2, 0.25) is 0 Å². The topological polar surface area (TPSA) is 71.1 Å². The highest BCUT2D eigenvalue weighted by molar-refractivity contribution is 6.05. The Kier molecular flexibility index (Phi) is 7.53. The van der Waals surface area contributed by atoms with E-state index in [1.165, 1.54) is 12.3 Å². The number of benzene rings is 1. The maximum Gasteiger partial charge on any atom is 0.274 e. The minimum absolute atomic E-state index is 0.179. The molecule has 0 aliphatic heterocycles. The number of rotatable bonds is 8. The minimum Gasteiger partial charge on any atom is -0.352 e. The molecule has 0 saturated carbocycles. The Hall–Kier alpha value is -2.69. The summed E-state index contributed by atoms with van der Waals surface area (Å²) in [6.07, 6.45) is 4.63. The zero-order valence-electron chi connectivity index (χ0n) is 16.6. The van der Waals surface area contributed by atoms with Gasteiger partial charge in [0.1, 0.15) is 5.69 Å². The van der Waals surface area contributed by atoms with E-state index in [-0.39, 0.29) is 23.4 Å². The molecule has 0 aliphatic carbocycles. The summed E-state index contributed by atoms with van der Waals surface area (Å²) in [4.78, 5) is 29.1. The van der Waals surface area contributed by atoms with E-state index in [0.29, 0.717) is 12.1 Å². The molecule has 0 unspecified atom stereocenters. The second kappa shape index (κ2) is 9.86. The van der Waals surface area contributed by atoms with Gasteiger partial charge in [-0.1, -0.05) is 51.8 Å². The highest BCUT2D eigenvalue weighted by Gasteiger charge is 2.16. The first-order valence-corrected chi connectivity index (χ1v) is 9.59. The van der Waals surface area contributed by atoms with E-state index in [1.807, 2.05) is 25.1 Å². The molecule has 0 bridgehead atoms. The molecular formula is C22H29N3O2. The Morgan fingerprint density at radius 3 is 2.59 bits per heavy atom. The molecule has 1 aromatic heterocycles. The second-order valence-electron chi connectivity index (χ2n) is 7.04. The number of hydrogen-bond acceptors (Lipinski definition) is 3. The minimum atomic E-state index is -0.313. The van der Waals surface area contributed by atoms with Crippen molar-refractivity contribution in [1.82, 2.24) is 10.3 Å². The lowest BCUT2D eigenvalue weighted by Gasteiger charge is -2.16. The summed E-state index contributed by atoms with van der Waals surface area (Å²) in [5.74, 6) is -0.207. The van der Waals surface area contributed by atoms with Crippen LogP contribution in [0.5, 0.6) is 0 Å². The molecule has 0 fully saturated rings. The number of nitrogens with zero attached hydrogens (tertiary/aromatic N) is 1. The van der Waals surface area contributed by atoms with E-state index < -0.39 is 0 Å². The number of nitrogens with one attached hydrogen (secondary N) is 2. The van der Waals surface area contributed by atoms with Crippen LogP contribution in [0.25, 0.3) is 0 Å². The molecule has 1 heterocycles. The van der Waals surface area contributed by atoms with Crippen LogP contribution in [-0.2, 0) is 0 Å². The number of amides is 2. The molecule has 5 nitrogen and oxygen atoms in total. The monoisotopic (exact) mass is 367 g/mol. The molecular weight excluding hydrogens is 338 g/mol. The summed E-state index contributed by atoms with van der Waals surface area (Å²) in [6.45, 7) is 8.90. The van der Waals surface area contributed by atoms with Crippen LogP contribution in [0, 0.1) is 6.92 Å². The van der Waals surface area contributed by atoms with Gasteiger partial charge in [-0.3, -0.25) is 14.6 Å². The molecule has 0 aliphatic rings. The van der Waals surface area contributed by atoms with E-state index in [2.05, 4.69) is 36.4 Å². The first-order valence-electron chi connectivity index (χ1n) is 9.59. The number of aryl methyl sites for hydroxylation is 1. The zero-order chi connectivity index (χ0) is 19.8. The summed E-state index contributed by atoms with van der Waals surface area (Å²) in [5, 5.41) is 5.85. The number of anilines is 1. The standard InChI is InChI=1S/C22H29N3O2/c1-5-6-7-12-24-21(26)17-11-13-23-19(14-17)22(27)25-20-16(4)9-8-10-18(20)15(2)3/h8-11,13-15H,5-7,12H2,1-4H3,(H,24,26)(H,25,27). The molecule has 2 rings (SSSR count). The van der Waals surface area contributed by atoms with Crippen molar-refractivity contribution in [3.8, 4) is 0 Å². The lowest BCUT2D eigenvalue weighted by Crippen LogP contribution is -2.25. The molecule has 2 amide bonds. The van der Waals surface area contributed by atoms with Crippen molar-refractivity contribution in [3.05, 3.63) is 58.9 Å². The van der Waals surface area contributed by atoms with E-state index in [9.17, 15) is 9.59 Å². The summed E-state index contributed by atoms with van der Waals surface area (Å²) in [6, 6.07) is 9.13. The third-order valence-electron chi connectivity index (χ3n) is 4.49. The average Bonchev–Trinajstić information content (AvgIpc) is 2.66. The number of carbonyl (C=O) groups excluding carboxylic acids is 2. The molecule has 0 atom stereocenters. The highest BCUT2D eigenvalue weighted by Crippen LogP contribution is 2.27. The molecule has 0 radical (unpaired) electrons. The second-order valence-corrected chi connectivity index (χ2v) is 7.04. The third kappa shape index (κ3) is 5.64. The molecule has 0 spiro atoms. The third-order valence-corrected chi connectivity index (χ3v) is 4.49. The predicted molar refractivity (Wildman–Crippen MR) is 109 cm³/mol. The van der Waals surface area contributed by atoms with Gasteiger partial charge in [-0.15, -0.1) is 0 Å². The molecule has 2 N–H and O–H groups in total. The predicted octanol–water partition coefficient (Wildman–Crippen LogP) is 4.69. The van der Waals surface area contributed by atoms with Crippen LogP contribution in [-0.4, -0.2) is 23.3 Å². The number of aromatic nitrogens is 1. The quantitative estimate of drug-likeness (QED) is 0.665. The van der Waals surface area contributed by atoms with Crippen LogP contribution in [0.15, 0.2) is 36.5 Å². The van der Waals surface area contributed by atoms with Crippen LogP contribution in [0.2, 0.25) is 0 Å². The molecule has 2 aromatic rings. The fraction of sp³-hybridized carbons (Fsp3) is 0.409. The number of para-hydroxylation sites is 1. The van der Waals surface area contributed by atoms with Crippen molar-refractivity contribution in [3.63, 3.8) is 0 Å². The van der Waals surface area contributed by atoms with Crippen LogP contribution in [0.1, 0.15) is 77.9 Å². The van der Waals surface area contributed by atoms with E-state index >= 15 is 0 Å². The number of carbonyl (C=O) groups is 2. The first-order chi connectivity index (χ1) is 12.9. The summed E-state index contributed by atoms with van der Waals surface area (Å²) >= 11 is 0. The maximum absolute atomic E-state index is 12.7. The van der Waals surface area contributed by atoms with Crippen LogP contribution in [0.4, 0.5) is 5.69 Å². The van der Waals surface area contributed by atoms with E-state index in [1.54, 1.807) is 6.07 Å². The van der Waals surface area contributed by atoms with Gasteiger partial charge < -0.3 is 10.6 Å². The molecule has 27 heavy (non-hydrogen) atoms. The van der Waals surface area contributed by atoms with Gasteiger partial charge in [-0.05, 0) is 42.5 Å². The van der Waals surface area contributed by atoms with Crippen molar-refractivity contribution in [2.75, 3.05) is 11.9 Å². The summed E-state index contributed by atoms with van der Waals surface area (Å²) in [5.41, 5.74) is 3.57. The Labute approximate surface area is 161 Å². The summed E-state index contributed by atoms with van der Waals surface area (Å²) in [7, 11) is 0. The zero-order valence-corrected chi connectivity index (χ0v) is 16.6. The largest absolute Gasteiger partial charge is 0.352 e. The van der Waals surface area contributed by atoms with Crippen LogP contribution in [0.3, 0.4) is 0 Å². The highest BCUT2D eigenvalue weighted by atomic mass is 16.2. The smallest absolute Gasteiger partial charge is 0.274 e. The number of pyridine rings is 1. The Morgan fingerprint density at radius 1 is 1.11 bits per heavy atom. The Bertz CT molecular complexity index is 800. The van der Waals surface area contributed by atoms with Gasteiger partial charge in [0.15, 0.2) is 0 Å². The summed E-state index contributed by atoms with van der Waals surface area (Å²) < 4.78 is 0. The lowest BCUT2D eigenvalue weighted by molar-refractivity contribution is 0.0953. The van der Waals surface area contributed by atoms with Crippen molar-refractivity contribution < 1.29 is 9.59 Å². The van der Waals surface area contributed by atoms with Gasteiger partial charge in [0, 0.05) is 24.0 Å². The molecule has 0 saturated heterocycles. The SMILES string of the molecule is CCCCCNC(=O)c1ccnc(C(=O)Nc2c(C)cccc2C(C)C)c1. The Balaban J connectivity index is 2.13. The normalized spacial score (nSPS) is 10.7. The Morgan fingerprint density at radius 2 is 1.89 bits per heavy atom. The number of unbranched alkanes of at least 4 members (excludes halogenated alkanes) is 2. The van der Waals surface area contributed by atoms with Crippen LogP contribution < -0.4 is 10.6 Å². The van der Waals surface area contributed by atoms with Crippen molar-refractivity contribution in [2.24, 2.45) is 0 Å². The van der Waals surface area contributed by atoms with Gasteiger partial charge in [-0.2, -0.15) is 0 Å². The van der Waals surface area contributed by atoms with Crippen molar-refractivity contribution >= 4 is 17.5 Å². The lowest BCUT2D eigenvalue weighted by atomic mass is 9.98.